The molecule has 3 rings (SSSR count). The predicted molar refractivity (Wildman–Crippen MR) is 89.0 cm³/mol. The van der Waals surface area contributed by atoms with Gasteiger partial charge in [-0.25, -0.2) is 0 Å². The summed E-state index contributed by atoms with van der Waals surface area (Å²) >= 11 is 0. The highest BCUT2D eigenvalue weighted by molar-refractivity contribution is 5.93. The third kappa shape index (κ3) is 3.87. The summed E-state index contributed by atoms with van der Waals surface area (Å²) < 4.78 is 0. The summed E-state index contributed by atoms with van der Waals surface area (Å²) in [6, 6.07) is 12.1. The Morgan fingerprint density at radius 3 is 2.55 bits per heavy atom. The lowest BCUT2D eigenvalue weighted by Gasteiger charge is -2.26. The van der Waals surface area contributed by atoms with Crippen LogP contribution in [-0.2, 0) is 0 Å². The van der Waals surface area contributed by atoms with Crippen molar-refractivity contribution in [2.75, 3.05) is 0 Å². The van der Waals surface area contributed by atoms with Gasteiger partial charge in [0, 0.05) is 17.6 Å². The van der Waals surface area contributed by atoms with E-state index >= 15 is 0 Å². The van der Waals surface area contributed by atoms with Gasteiger partial charge in [-0.1, -0.05) is 30.3 Å². The lowest BCUT2D eigenvalue weighted by molar-refractivity contribution is 0.0921. The number of carbonyl (C=O) groups is 1. The smallest absolute Gasteiger partial charge is 0.269 e. The number of aromatic nitrogens is 2. The number of rotatable bonds is 3. The zero-order valence-electron chi connectivity index (χ0n) is 12.3. The van der Waals surface area contributed by atoms with Crippen LogP contribution in [0.4, 0.5) is 0 Å². The molecule has 22 heavy (non-hydrogen) atoms. The zero-order chi connectivity index (χ0) is 14.7. The van der Waals surface area contributed by atoms with Crippen molar-refractivity contribution in [2.24, 2.45) is 5.73 Å². The van der Waals surface area contributed by atoms with Crippen LogP contribution >= 0.6 is 12.4 Å². The van der Waals surface area contributed by atoms with E-state index in [9.17, 15) is 4.79 Å². The van der Waals surface area contributed by atoms with Crippen LogP contribution in [-0.4, -0.2) is 28.2 Å². The Hall–Kier alpha value is -1.85. The lowest BCUT2D eigenvalue weighted by atomic mass is 9.92. The van der Waals surface area contributed by atoms with Gasteiger partial charge in [0.25, 0.3) is 5.91 Å². The van der Waals surface area contributed by atoms with E-state index in [0.717, 1.165) is 36.9 Å². The molecule has 1 aromatic carbocycles. The average Bonchev–Trinajstić information content (AvgIpc) is 3.00. The monoisotopic (exact) mass is 320 g/mol. The summed E-state index contributed by atoms with van der Waals surface area (Å²) in [6.07, 6.45) is 3.85. The van der Waals surface area contributed by atoms with E-state index in [2.05, 4.69) is 15.5 Å². The van der Waals surface area contributed by atoms with Crippen molar-refractivity contribution in [3.05, 3.63) is 42.1 Å². The molecular formula is C16H21ClN4O. The number of aromatic amines is 1. The molecule has 0 spiro atoms. The number of nitrogens with zero attached hydrogens (tertiary/aromatic N) is 1. The number of H-pyrrole nitrogens is 1. The fraction of sp³-hybridized carbons (Fsp3) is 0.375. The van der Waals surface area contributed by atoms with Crippen molar-refractivity contribution in [2.45, 2.75) is 37.8 Å². The molecular weight excluding hydrogens is 300 g/mol. The lowest BCUT2D eigenvalue weighted by Crippen LogP contribution is -2.40. The molecule has 1 saturated carbocycles. The van der Waals surface area contributed by atoms with E-state index in [4.69, 9.17) is 5.73 Å². The Balaban J connectivity index is 0.00000176. The van der Waals surface area contributed by atoms with E-state index in [-0.39, 0.29) is 30.4 Å². The maximum Gasteiger partial charge on any atom is 0.269 e. The molecule has 0 unspecified atom stereocenters. The van der Waals surface area contributed by atoms with Gasteiger partial charge in [-0.2, -0.15) is 5.10 Å². The van der Waals surface area contributed by atoms with Crippen molar-refractivity contribution in [3.8, 4) is 11.3 Å². The van der Waals surface area contributed by atoms with Gasteiger partial charge in [0.1, 0.15) is 5.69 Å². The number of hydrogen-bond acceptors (Lipinski definition) is 3. The molecule has 1 aliphatic rings. The first-order valence-electron chi connectivity index (χ1n) is 7.39. The number of carbonyl (C=O) groups excluding carboxylic acids is 1. The number of nitrogens with two attached hydrogens (primary N) is 1. The molecule has 0 radical (unpaired) electrons. The van der Waals surface area contributed by atoms with Crippen LogP contribution < -0.4 is 11.1 Å². The Labute approximate surface area is 136 Å². The largest absolute Gasteiger partial charge is 0.348 e. The zero-order valence-corrected chi connectivity index (χ0v) is 13.1. The molecule has 0 saturated heterocycles. The SMILES string of the molecule is Cl.NC1CCC(NC(=O)c2cc(-c3ccccc3)n[nH]2)CC1. The number of nitrogens with one attached hydrogen (secondary N) is 2. The Morgan fingerprint density at radius 1 is 1.18 bits per heavy atom. The van der Waals surface area contributed by atoms with Crippen LogP contribution in [0.15, 0.2) is 36.4 Å². The second kappa shape index (κ2) is 7.42. The highest BCUT2D eigenvalue weighted by Crippen LogP contribution is 2.19. The van der Waals surface area contributed by atoms with Crippen molar-refractivity contribution in [1.29, 1.82) is 0 Å². The van der Waals surface area contributed by atoms with E-state index in [1.54, 1.807) is 6.07 Å². The minimum Gasteiger partial charge on any atom is -0.348 e. The first-order valence-corrected chi connectivity index (χ1v) is 7.39. The van der Waals surface area contributed by atoms with Crippen molar-refractivity contribution >= 4 is 18.3 Å². The molecule has 0 atom stereocenters. The molecule has 1 aliphatic carbocycles. The van der Waals surface area contributed by atoms with E-state index in [1.807, 2.05) is 30.3 Å². The summed E-state index contributed by atoms with van der Waals surface area (Å²) in [5.74, 6) is -0.0925. The van der Waals surface area contributed by atoms with Gasteiger partial charge in [-0.3, -0.25) is 9.89 Å². The number of amides is 1. The van der Waals surface area contributed by atoms with Gasteiger partial charge >= 0.3 is 0 Å². The van der Waals surface area contributed by atoms with Gasteiger partial charge in [-0.15, -0.1) is 12.4 Å². The first-order chi connectivity index (χ1) is 10.2. The minimum atomic E-state index is -0.0925. The normalized spacial score (nSPS) is 21.0. The summed E-state index contributed by atoms with van der Waals surface area (Å²) in [5.41, 5.74) is 8.16. The third-order valence-electron chi connectivity index (χ3n) is 4.00. The Kier molecular flexibility index (Phi) is 5.57. The third-order valence-corrected chi connectivity index (χ3v) is 4.00. The number of hydrogen-bond donors (Lipinski definition) is 3. The molecule has 1 heterocycles. The molecule has 2 aromatic rings. The molecule has 6 heteroatoms. The standard InChI is InChI=1S/C16H20N4O.ClH/c17-12-6-8-13(9-7-12)18-16(21)15-10-14(19-20-15)11-4-2-1-3-5-11;/h1-5,10,12-13H,6-9,17H2,(H,18,21)(H,19,20);1H. The van der Waals surface area contributed by atoms with E-state index < -0.39 is 0 Å². The van der Waals surface area contributed by atoms with Crippen LogP contribution in [0.5, 0.6) is 0 Å². The summed E-state index contributed by atoms with van der Waals surface area (Å²) in [6.45, 7) is 0. The maximum absolute atomic E-state index is 12.2. The predicted octanol–water partition coefficient (Wildman–Crippen LogP) is 2.50. The number of benzene rings is 1. The molecule has 1 amide bonds. The van der Waals surface area contributed by atoms with Gasteiger partial charge in [-0.05, 0) is 31.7 Å². The molecule has 4 N–H and O–H groups in total. The molecule has 118 valence electrons. The fourth-order valence-electron chi connectivity index (χ4n) is 2.72. The molecule has 1 aromatic heterocycles. The first kappa shape index (κ1) is 16.5. The molecule has 0 bridgehead atoms. The van der Waals surface area contributed by atoms with E-state index in [0.29, 0.717) is 5.69 Å². The van der Waals surface area contributed by atoms with Crippen molar-refractivity contribution in [1.82, 2.24) is 15.5 Å². The summed E-state index contributed by atoms with van der Waals surface area (Å²) in [4.78, 5) is 12.2. The second-order valence-corrected chi connectivity index (χ2v) is 5.62. The average molecular weight is 321 g/mol. The van der Waals surface area contributed by atoms with Crippen LogP contribution in [0.3, 0.4) is 0 Å². The van der Waals surface area contributed by atoms with Crippen LogP contribution in [0.2, 0.25) is 0 Å². The van der Waals surface area contributed by atoms with Crippen molar-refractivity contribution < 1.29 is 4.79 Å². The van der Waals surface area contributed by atoms with Gasteiger partial charge in [0.2, 0.25) is 0 Å². The topological polar surface area (TPSA) is 83.8 Å². The summed E-state index contributed by atoms with van der Waals surface area (Å²) in [5, 5.41) is 10.1. The Bertz CT molecular complexity index is 606. The van der Waals surface area contributed by atoms with Crippen LogP contribution in [0.25, 0.3) is 11.3 Å². The van der Waals surface area contributed by atoms with Gasteiger partial charge < -0.3 is 11.1 Å². The molecule has 1 fully saturated rings. The number of halogens is 1. The quantitative estimate of drug-likeness (QED) is 0.812. The van der Waals surface area contributed by atoms with Gasteiger partial charge in [0.05, 0.1) is 5.69 Å². The van der Waals surface area contributed by atoms with Crippen molar-refractivity contribution in [3.63, 3.8) is 0 Å². The van der Waals surface area contributed by atoms with Gasteiger partial charge in [0.15, 0.2) is 0 Å². The van der Waals surface area contributed by atoms with E-state index in [1.165, 1.54) is 0 Å². The Morgan fingerprint density at radius 2 is 1.86 bits per heavy atom. The maximum atomic E-state index is 12.2. The molecule has 5 nitrogen and oxygen atoms in total. The van der Waals surface area contributed by atoms with Crippen LogP contribution in [0, 0.1) is 0 Å². The highest BCUT2D eigenvalue weighted by atomic mass is 35.5. The minimum absolute atomic E-state index is 0. The highest BCUT2D eigenvalue weighted by Gasteiger charge is 2.21. The molecule has 0 aliphatic heterocycles. The second-order valence-electron chi connectivity index (χ2n) is 5.62. The summed E-state index contributed by atoms with van der Waals surface area (Å²) in [7, 11) is 0. The van der Waals surface area contributed by atoms with Crippen LogP contribution in [0.1, 0.15) is 36.2 Å². The fourth-order valence-corrected chi connectivity index (χ4v) is 2.72.